The highest BCUT2D eigenvalue weighted by molar-refractivity contribution is 7.91. The number of hydrogen-bond acceptors (Lipinski definition) is 4. The minimum Gasteiger partial charge on any atom is -0.478 e. The van der Waals surface area contributed by atoms with E-state index in [2.05, 4.69) is 4.98 Å². The van der Waals surface area contributed by atoms with Crippen LogP contribution in [0.5, 0.6) is 0 Å². The normalized spacial score (nSPS) is 21.8. The SMILES string of the molecule is O=C(O)c1cccn2c(C3CCS(=O)(=O)C3)ncc12. The first kappa shape index (κ1) is 12.2. The van der Waals surface area contributed by atoms with Gasteiger partial charge in [-0.05, 0) is 18.6 Å². The van der Waals surface area contributed by atoms with E-state index >= 15 is 0 Å². The highest BCUT2D eigenvalue weighted by atomic mass is 32.2. The van der Waals surface area contributed by atoms with Gasteiger partial charge in [-0.3, -0.25) is 0 Å². The molecule has 0 bridgehead atoms. The van der Waals surface area contributed by atoms with Gasteiger partial charge in [-0.2, -0.15) is 0 Å². The van der Waals surface area contributed by atoms with Gasteiger partial charge in [-0.25, -0.2) is 18.2 Å². The second-order valence-electron chi connectivity index (χ2n) is 4.70. The Balaban J connectivity index is 2.12. The molecular weight excluding hydrogens is 268 g/mol. The first-order valence-corrected chi connectivity index (χ1v) is 7.70. The van der Waals surface area contributed by atoms with E-state index in [-0.39, 0.29) is 23.0 Å². The van der Waals surface area contributed by atoms with Crippen LogP contribution in [0.4, 0.5) is 0 Å². The van der Waals surface area contributed by atoms with Crippen molar-refractivity contribution in [2.75, 3.05) is 11.5 Å². The summed E-state index contributed by atoms with van der Waals surface area (Å²) in [5, 5.41) is 9.10. The summed E-state index contributed by atoms with van der Waals surface area (Å²) < 4.78 is 24.7. The molecule has 0 aliphatic carbocycles. The second-order valence-corrected chi connectivity index (χ2v) is 6.93. The molecule has 0 radical (unpaired) electrons. The fraction of sp³-hybridized carbons (Fsp3) is 0.333. The van der Waals surface area contributed by atoms with E-state index < -0.39 is 15.8 Å². The van der Waals surface area contributed by atoms with Crippen molar-refractivity contribution in [1.29, 1.82) is 0 Å². The van der Waals surface area contributed by atoms with E-state index in [0.717, 1.165) is 0 Å². The summed E-state index contributed by atoms with van der Waals surface area (Å²) in [4.78, 5) is 15.3. The molecule has 0 amide bonds. The molecule has 100 valence electrons. The Bertz CT molecular complexity index is 763. The number of imidazole rings is 1. The van der Waals surface area contributed by atoms with Crippen molar-refractivity contribution in [1.82, 2.24) is 9.38 Å². The quantitative estimate of drug-likeness (QED) is 0.884. The summed E-state index contributed by atoms with van der Waals surface area (Å²) in [6.07, 6.45) is 3.75. The van der Waals surface area contributed by atoms with E-state index in [1.165, 1.54) is 12.3 Å². The zero-order valence-corrected chi connectivity index (χ0v) is 10.8. The number of pyridine rings is 1. The predicted molar refractivity (Wildman–Crippen MR) is 68.2 cm³/mol. The summed E-state index contributed by atoms with van der Waals surface area (Å²) in [6, 6.07) is 3.14. The summed E-state index contributed by atoms with van der Waals surface area (Å²) in [5.41, 5.74) is 0.663. The van der Waals surface area contributed by atoms with Gasteiger partial charge >= 0.3 is 5.97 Å². The Hall–Kier alpha value is -1.89. The molecule has 3 heterocycles. The van der Waals surface area contributed by atoms with Crippen LogP contribution in [-0.2, 0) is 9.84 Å². The van der Waals surface area contributed by atoms with Crippen LogP contribution in [0.2, 0.25) is 0 Å². The average Bonchev–Trinajstić information content (AvgIpc) is 2.91. The van der Waals surface area contributed by atoms with Crippen LogP contribution in [-0.4, -0.2) is 40.4 Å². The number of aromatic nitrogens is 2. The third-order valence-corrected chi connectivity index (χ3v) is 5.20. The number of fused-ring (bicyclic) bond motifs is 1. The molecule has 0 spiro atoms. The molecule has 7 heteroatoms. The van der Waals surface area contributed by atoms with Gasteiger partial charge in [-0.1, -0.05) is 0 Å². The maximum atomic E-state index is 11.5. The van der Waals surface area contributed by atoms with Crippen LogP contribution in [0, 0.1) is 0 Å². The first-order chi connectivity index (χ1) is 8.98. The predicted octanol–water partition coefficient (Wildman–Crippen LogP) is 0.935. The lowest BCUT2D eigenvalue weighted by Crippen LogP contribution is -2.08. The summed E-state index contributed by atoms with van der Waals surface area (Å²) in [6.45, 7) is 0. The first-order valence-electron chi connectivity index (χ1n) is 5.87. The van der Waals surface area contributed by atoms with Crippen molar-refractivity contribution >= 4 is 21.3 Å². The van der Waals surface area contributed by atoms with Crippen molar-refractivity contribution < 1.29 is 18.3 Å². The third kappa shape index (κ3) is 1.99. The van der Waals surface area contributed by atoms with E-state index in [1.807, 2.05) is 0 Å². The standard InChI is InChI=1S/C12H12N2O4S/c15-12(16)9-2-1-4-14-10(9)6-13-11(14)8-3-5-19(17,18)7-8/h1-2,4,6,8H,3,5,7H2,(H,15,16). The highest BCUT2D eigenvalue weighted by Crippen LogP contribution is 2.29. The Morgan fingerprint density at radius 2 is 2.26 bits per heavy atom. The molecule has 2 aromatic rings. The number of carboxylic acid groups (broad SMARTS) is 1. The number of carboxylic acids is 1. The Kier molecular flexibility index (Phi) is 2.60. The fourth-order valence-corrected chi connectivity index (χ4v) is 4.26. The van der Waals surface area contributed by atoms with Gasteiger partial charge in [0, 0.05) is 12.1 Å². The van der Waals surface area contributed by atoms with Crippen molar-refractivity contribution in [3.8, 4) is 0 Å². The van der Waals surface area contributed by atoms with Gasteiger partial charge in [0.25, 0.3) is 0 Å². The number of carbonyl (C=O) groups is 1. The number of rotatable bonds is 2. The van der Waals surface area contributed by atoms with Gasteiger partial charge < -0.3 is 9.51 Å². The van der Waals surface area contributed by atoms with Crippen LogP contribution in [0.3, 0.4) is 0 Å². The van der Waals surface area contributed by atoms with E-state index in [0.29, 0.717) is 17.8 Å². The van der Waals surface area contributed by atoms with E-state index in [9.17, 15) is 13.2 Å². The van der Waals surface area contributed by atoms with Gasteiger partial charge in [0.05, 0.1) is 28.8 Å². The fourth-order valence-electron chi connectivity index (χ4n) is 2.52. The minimum absolute atomic E-state index is 0.0867. The highest BCUT2D eigenvalue weighted by Gasteiger charge is 2.31. The molecule has 1 atom stereocenters. The molecule has 1 N–H and O–H groups in total. The number of hydrogen-bond donors (Lipinski definition) is 1. The van der Waals surface area contributed by atoms with Gasteiger partial charge in [0.15, 0.2) is 9.84 Å². The van der Waals surface area contributed by atoms with Crippen molar-refractivity contribution in [3.05, 3.63) is 35.9 Å². The smallest absolute Gasteiger partial charge is 0.337 e. The van der Waals surface area contributed by atoms with Crippen LogP contribution in [0.1, 0.15) is 28.5 Å². The molecule has 3 rings (SSSR count). The van der Waals surface area contributed by atoms with Gasteiger partial charge in [0.2, 0.25) is 0 Å². The van der Waals surface area contributed by atoms with E-state index in [4.69, 9.17) is 5.11 Å². The molecule has 6 nitrogen and oxygen atoms in total. The van der Waals surface area contributed by atoms with Crippen LogP contribution in [0.15, 0.2) is 24.5 Å². The minimum atomic E-state index is -2.99. The monoisotopic (exact) mass is 280 g/mol. The van der Waals surface area contributed by atoms with Crippen LogP contribution < -0.4 is 0 Å². The Labute approximate surface area is 109 Å². The third-order valence-electron chi connectivity index (χ3n) is 3.43. The molecular formula is C12H12N2O4S. The molecule has 1 aliphatic rings. The lowest BCUT2D eigenvalue weighted by atomic mass is 10.1. The molecule has 19 heavy (non-hydrogen) atoms. The molecule has 1 unspecified atom stereocenters. The summed E-state index contributed by atoms with van der Waals surface area (Å²) in [5.74, 6) is -0.291. The van der Waals surface area contributed by atoms with E-state index in [1.54, 1.807) is 16.7 Å². The van der Waals surface area contributed by atoms with Crippen molar-refractivity contribution in [2.45, 2.75) is 12.3 Å². The summed E-state index contributed by atoms with van der Waals surface area (Å²) >= 11 is 0. The number of nitrogens with zero attached hydrogens (tertiary/aromatic N) is 2. The molecule has 1 saturated heterocycles. The molecule has 2 aromatic heterocycles. The molecule has 0 saturated carbocycles. The van der Waals surface area contributed by atoms with Gasteiger partial charge in [0.1, 0.15) is 5.82 Å². The second kappa shape index (κ2) is 4.06. The van der Waals surface area contributed by atoms with Gasteiger partial charge in [-0.15, -0.1) is 0 Å². The van der Waals surface area contributed by atoms with Crippen LogP contribution in [0.25, 0.3) is 5.52 Å². The largest absolute Gasteiger partial charge is 0.478 e. The zero-order chi connectivity index (χ0) is 13.6. The molecule has 1 fully saturated rings. The lowest BCUT2D eigenvalue weighted by molar-refractivity contribution is 0.0698. The molecule has 1 aliphatic heterocycles. The molecule has 0 aromatic carbocycles. The van der Waals surface area contributed by atoms with Crippen molar-refractivity contribution in [3.63, 3.8) is 0 Å². The van der Waals surface area contributed by atoms with Crippen LogP contribution >= 0.6 is 0 Å². The Morgan fingerprint density at radius 1 is 1.47 bits per heavy atom. The maximum absolute atomic E-state index is 11.5. The van der Waals surface area contributed by atoms with Crippen molar-refractivity contribution in [2.24, 2.45) is 0 Å². The average molecular weight is 280 g/mol. The number of sulfone groups is 1. The summed E-state index contributed by atoms with van der Waals surface area (Å²) in [7, 11) is -2.99. The Morgan fingerprint density at radius 3 is 2.89 bits per heavy atom. The number of aromatic carboxylic acids is 1. The lowest BCUT2D eigenvalue weighted by Gasteiger charge is -2.07. The maximum Gasteiger partial charge on any atom is 0.337 e. The topological polar surface area (TPSA) is 88.7 Å². The zero-order valence-electron chi connectivity index (χ0n) is 9.98.